The van der Waals surface area contributed by atoms with E-state index >= 15 is 0 Å². The molecule has 1 saturated heterocycles. The van der Waals surface area contributed by atoms with Gasteiger partial charge >= 0.3 is 5.97 Å². The summed E-state index contributed by atoms with van der Waals surface area (Å²) < 4.78 is 1.90. The highest BCUT2D eigenvalue weighted by Gasteiger charge is 2.28. The number of aromatic nitrogens is 3. The van der Waals surface area contributed by atoms with Crippen LogP contribution in [0.4, 0.5) is 0 Å². The van der Waals surface area contributed by atoms with E-state index in [4.69, 9.17) is 5.11 Å². The molecule has 0 aromatic carbocycles. The van der Waals surface area contributed by atoms with E-state index < -0.39 is 5.97 Å². The number of hydrogen-bond donors (Lipinski definition) is 1. The van der Waals surface area contributed by atoms with Crippen LogP contribution < -0.4 is 0 Å². The molecule has 17 heavy (non-hydrogen) atoms. The van der Waals surface area contributed by atoms with Crippen LogP contribution in [0.1, 0.15) is 25.6 Å². The molecule has 0 radical (unpaired) electrons. The molecule has 2 rings (SSSR count). The summed E-state index contributed by atoms with van der Waals surface area (Å²) >= 11 is 0. The Balaban J connectivity index is 1.93. The standard InChI is InChI=1S/C11H18N4O2/c1-2-4-15-10(12-8-13-15)7-14-5-3-9(6-14)11(16)17/h8-9H,2-7H2,1H3,(H,16,17). The maximum atomic E-state index is 10.9. The lowest BCUT2D eigenvalue weighted by Gasteiger charge is -2.14. The van der Waals surface area contributed by atoms with Gasteiger partial charge in [0.25, 0.3) is 0 Å². The summed E-state index contributed by atoms with van der Waals surface area (Å²) in [7, 11) is 0. The average molecular weight is 238 g/mol. The lowest BCUT2D eigenvalue weighted by Crippen LogP contribution is -2.24. The molecule has 0 saturated carbocycles. The molecule has 1 fully saturated rings. The number of aryl methyl sites for hydroxylation is 1. The molecule has 1 unspecified atom stereocenters. The Morgan fingerprint density at radius 2 is 2.47 bits per heavy atom. The van der Waals surface area contributed by atoms with Crippen molar-refractivity contribution in [3.8, 4) is 0 Å². The normalized spacial score (nSPS) is 20.9. The van der Waals surface area contributed by atoms with Gasteiger partial charge in [-0.1, -0.05) is 6.92 Å². The first-order valence-electron chi connectivity index (χ1n) is 6.02. The van der Waals surface area contributed by atoms with Crippen molar-refractivity contribution >= 4 is 5.97 Å². The highest BCUT2D eigenvalue weighted by molar-refractivity contribution is 5.70. The third kappa shape index (κ3) is 2.82. The lowest BCUT2D eigenvalue weighted by molar-refractivity contribution is -0.141. The van der Waals surface area contributed by atoms with Crippen molar-refractivity contribution in [3.05, 3.63) is 12.2 Å². The van der Waals surface area contributed by atoms with Crippen LogP contribution in [0.2, 0.25) is 0 Å². The van der Waals surface area contributed by atoms with Gasteiger partial charge in [-0.2, -0.15) is 5.10 Å². The van der Waals surface area contributed by atoms with Gasteiger partial charge < -0.3 is 5.11 Å². The Labute approximate surface area is 100 Å². The SMILES string of the molecule is CCCn1ncnc1CN1CCC(C(=O)O)C1. The van der Waals surface area contributed by atoms with Crippen molar-refractivity contribution < 1.29 is 9.90 Å². The molecule has 2 heterocycles. The van der Waals surface area contributed by atoms with Gasteiger partial charge in [-0.25, -0.2) is 9.67 Å². The minimum atomic E-state index is -0.692. The fourth-order valence-corrected chi connectivity index (χ4v) is 2.19. The van der Waals surface area contributed by atoms with Gasteiger partial charge in [0.1, 0.15) is 12.2 Å². The van der Waals surface area contributed by atoms with Crippen LogP contribution in [-0.4, -0.2) is 43.8 Å². The fourth-order valence-electron chi connectivity index (χ4n) is 2.19. The van der Waals surface area contributed by atoms with Crippen LogP contribution in [0.5, 0.6) is 0 Å². The molecular weight excluding hydrogens is 220 g/mol. The largest absolute Gasteiger partial charge is 0.481 e. The van der Waals surface area contributed by atoms with E-state index in [1.807, 2.05) is 4.68 Å². The van der Waals surface area contributed by atoms with Crippen LogP contribution >= 0.6 is 0 Å². The van der Waals surface area contributed by atoms with Crippen LogP contribution in [0.3, 0.4) is 0 Å². The van der Waals surface area contributed by atoms with E-state index in [1.54, 1.807) is 6.33 Å². The summed E-state index contributed by atoms with van der Waals surface area (Å²) in [6, 6.07) is 0. The van der Waals surface area contributed by atoms with E-state index in [2.05, 4.69) is 21.9 Å². The highest BCUT2D eigenvalue weighted by Crippen LogP contribution is 2.18. The summed E-state index contributed by atoms with van der Waals surface area (Å²) in [6.07, 6.45) is 3.32. The van der Waals surface area contributed by atoms with Gasteiger partial charge in [-0.15, -0.1) is 0 Å². The van der Waals surface area contributed by atoms with Crippen molar-refractivity contribution in [1.29, 1.82) is 0 Å². The minimum absolute atomic E-state index is 0.224. The Bertz CT molecular complexity index is 391. The average Bonchev–Trinajstić information content (AvgIpc) is 2.90. The number of carboxylic acids is 1. The first-order chi connectivity index (χ1) is 8.20. The summed E-state index contributed by atoms with van der Waals surface area (Å²) in [5.74, 6) is 0.0120. The Morgan fingerprint density at radius 1 is 1.65 bits per heavy atom. The predicted octanol–water partition coefficient (Wildman–Crippen LogP) is 0.595. The zero-order valence-electron chi connectivity index (χ0n) is 10.0. The first-order valence-corrected chi connectivity index (χ1v) is 6.02. The summed E-state index contributed by atoms with van der Waals surface area (Å²) in [6.45, 7) is 5.11. The second-order valence-electron chi connectivity index (χ2n) is 4.46. The topological polar surface area (TPSA) is 71.2 Å². The van der Waals surface area contributed by atoms with Gasteiger partial charge in [-0.05, 0) is 19.4 Å². The number of rotatable bonds is 5. The van der Waals surface area contributed by atoms with Crippen LogP contribution in [0.25, 0.3) is 0 Å². The molecule has 0 spiro atoms. The van der Waals surface area contributed by atoms with Gasteiger partial charge in [0.05, 0.1) is 12.5 Å². The molecule has 6 nitrogen and oxygen atoms in total. The van der Waals surface area contributed by atoms with E-state index in [-0.39, 0.29) is 5.92 Å². The van der Waals surface area contributed by atoms with Crippen molar-refractivity contribution in [2.24, 2.45) is 5.92 Å². The molecule has 1 atom stereocenters. The monoisotopic (exact) mass is 238 g/mol. The summed E-state index contributed by atoms with van der Waals surface area (Å²) in [5, 5.41) is 13.1. The van der Waals surface area contributed by atoms with E-state index in [0.717, 1.165) is 31.8 Å². The minimum Gasteiger partial charge on any atom is -0.481 e. The second-order valence-corrected chi connectivity index (χ2v) is 4.46. The number of carboxylic acid groups (broad SMARTS) is 1. The smallest absolute Gasteiger partial charge is 0.307 e. The first kappa shape index (κ1) is 12.0. The Kier molecular flexibility index (Phi) is 3.73. The molecule has 1 N–H and O–H groups in total. The van der Waals surface area contributed by atoms with E-state index in [0.29, 0.717) is 13.1 Å². The van der Waals surface area contributed by atoms with Crippen molar-refractivity contribution in [2.75, 3.05) is 13.1 Å². The number of aliphatic carboxylic acids is 1. The molecule has 0 aliphatic carbocycles. The van der Waals surface area contributed by atoms with Gasteiger partial charge in [0.2, 0.25) is 0 Å². The van der Waals surface area contributed by atoms with Gasteiger partial charge in [-0.3, -0.25) is 9.69 Å². The molecule has 0 amide bonds. The Morgan fingerprint density at radius 3 is 3.12 bits per heavy atom. The zero-order valence-corrected chi connectivity index (χ0v) is 10.0. The third-order valence-electron chi connectivity index (χ3n) is 3.12. The summed E-state index contributed by atoms with van der Waals surface area (Å²) in [5.41, 5.74) is 0. The van der Waals surface area contributed by atoms with Crippen molar-refractivity contribution in [1.82, 2.24) is 19.7 Å². The van der Waals surface area contributed by atoms with E-state index in [9.17, 15) is 4.79 Å². The molecule has 94 valence electrons. The quantitative estimate of drug-likeness (QED) is 0.813. The highest BCUT2D eigenvalue weighted by atomic mass is 16.4. The van der Waals surface area contributed by atoms with Crippen molar-refractivity contribution in [3.63, 3.8) is 0 Å². The number of hydrogen-bond acceptors (Lipinski definition) is 4. The summed E-state index contributed by atoms with van der Waals surface area (Å²) in [4.78, 5) is 17.2. The number of carbonyl (C=O) groups is 1. The number of nitrogens with zero attached hydrogens (tertiary/aromatic N) is 4. The molecule has 0 bridgehead atoms. The van der Waals surface area contributed by atoms with Gasteiger partial charge in [0.15, 0.2) is 0 Å². The molecule has 1 aromatic heterocycles. The second kappa shape index (κ2) is 5.27. The maximum absolute atomic E-state index is 10.9. The molecule has 1 aromatic rings. The van der Waals surface area contributed by atoms with Crippen molar-refractivity contribution in [2.45, 2.75) is 32.9 Å². The van der Waals surface area contributed by atoms with E-state index in [1.165, 1.54) is 0 Å². The molecular formula is C11H18N4O2. The number of likely N-dealkylation sites (tertiary alicyclic amines) is 1. The third-order valence-corrected chi connectivity index (χ3v) is 3.12. The zero-order chi connectivity index (χ0) is 12.3. The molecule has 1 aliphatic rings. The molecule has 6 heteroatoms. The maximum Gasteiger partial charge on any atom is 0.307 e. The van der Waals surface area contributed by atoms with Crippen LogP contribution in [0.15, 0.2) is 6.33 Å². The van der Waals surface area contributed by atoms with Gasteiger partial charge in [0, 0.05) is 13.1 Å². The lowest BCUT2D eigenvalue weighted by atomic mass is 10.1. The molecule has 1 aliphatic heterocycles. The fraction of sp³-hybridized carbons (Fsp3) is 0.727. The Hall–Kier alpha value is -1.43. The predicted molar refractivity (Wildman–Crippen MR) is 61.3 cm³/mol. The van der Waals surface area contributed by atoms with Crippen LogP contribution in [-0.2, 0) is 17.9 Å². The van der Waals surface area contributed by atoms with Crippen LogP contribution in [0, 0.1) is 5.92 Å².